The number of hydrogen-bond acceptors (Lipinski definition) is 8. The van der Waals surface area contributed by atoms with Crippen LogP contribution in [0.5, 0.6) is 0 Å². The Morgan fingerprint density at radius 2 is 2.25 bits per heavy atom. The van der Waals surface area contributed by atoms with Gasteiger partial charge in [0.2, 0.25) is 5.95 Å². The number of ether oxygens (including phenoxy) is 1. The summed E-state index contributed by atoms with van der Waals surface area (Å²) in [6, 6.07) is 0. The first-order valence-electron chi connectivity index (χ1n) is 6.58. The zero-order valence-corrected chi connectivity index (χ0v) is 12.7. The summed E-state index contributed by atoms with van der Waals surface area (Å²) < 4.78 is 36.1. The van der Waals surface area contributed by atoms with Crippen molar-refractivity contribution in [3.8, 4) is 0 Å². The number of aromatic amines is 1. The molecule has 2 aromatic heterocycles. The number of nitrogens with one attached hydrogen (secondary N) is 1. The monoisotopic (exact) mass is 365 g/mol. The molecule has 0 aromatic carbocycles. The van der Waals surface area contributed by atoms with Crippen molar-refractivity contribution in [3.63, 3.8) is 0 Å². The Labute approximate surface area is 132 Å². The van der Waals surface area contributed by atoms with Crippen LogP contribution in [-0.4, -0.2) is 59.4 Å². The zero-order valence-electron chi connectivity index (χ0n) is 11.8. The minimum absolute atomic E-state index is 0.0913. The van der Waals surface area contributed by atoms with E-state index >= 15 is 0 Å². The maximum Gasteiger partial charge on any atom is 0.470 e. The zero-order chi connectivity index (χ0) is 17.6. The average molecular weight is 365 g/mol. The molecule has 132 valence electrons. The number of phosphoric acid groups is 1. The number of hydrogen-bond donors (Lipinski definition) is 5. The molecule has 12 nitrogen and oxygen atoms in total. The number of alkyl halides is 1. The van der Waals surface area contributed by atoms with Crippen LogP contribution in [0.4, 0.5) is 10.3 Å². The lowest BCUT2D eigenvalue weighted by molar-refractivity contribution is -0.0487. The lowest BCUT2D eigenvalue weighted by Crippen LogP contribution is -2.31. The van der Waals surface area contributed by atoms with E-state index in [0.29, 0.717) is 0 Å². The van der Waals surface area contributed by atoms with Gasteiger partial charge in [-0.15, -0.1) is 0 Å². The van der Waals surface area contributed by atoms with E-state index in [-0.39, 0.29) is 17.1 Å². The second kappa shape index (κ2) is 5.88. The van der Waals surface area contributed by atoms with E-state index < -0.39 is 44.6 Å². The molecule has 3 rings (SSSR count). The number of imidazole rings is 1. The van der Waals surface area contributed by atoms with Crippen molar-refractivity contribution in [2.45, 2.75) is 24.6 Å². The number of aromatic nitrogens is 4. The highest BCUT2D eigenvalue weighted by Gasteiger charge is 2.49. The van der Waals surface area contributed by atoms with E-state index in [0.717, 1.165) is 10.9 Å². The molecular weight excluding hydrogens is 352 g/mol. The molecule has 0 bridgehead atoms. The summed E-state index contributed by atoms with van der Waals surface area (Å²) in [6.07, 6.45) is -5.54. The van der Waals surface area contributed by atoms with E-state index in [2.05, 4.69) is 19.5 Å². The van der Waals surface area contributed by atoms with Crippen LogP contribution in [0.25, 0.3) is 11.2 Å². The Morgan fingerprint density at radius 3 is 2.88 bits per heavy atom. The van der Waals surface area contributed by atoms with Gasteiger partial charge < -0.3 is 25.4 Å². The molecule has 0 spiro atoms. The molecule has 1 aliphatic rings. The lowest BCUT2D eigenvalue weighted by Gasteiger charge is -2.21. The van der Waals surface area contributed by atoms with Gasteiger partial charge in [0, 0.05) is 0 Å². The molecule has 0 radical (unpaired) electrons. The Hall–Kier alpha value is -1.89. The molecule has 3 heterocycles. The van der Waals surface area contributed by atoms with Gasteiger partial charge in [0.15, 0.2) is 23.6 Å². The summed E-state index contributed by atoms with van der Waals surface area (Å²) >= 11 is 0. The first kappa shape index (κ1) is 17.0. The fourth-order valence-electron chi connectivity index (χ4n) is 2.47. The van der Waals surface area contributed by atoms with Gasteiger partial charge in [-0.05, 0) is 0 Å². The summed E-state index contributed by atoms with van der Waals surface area (Å²) in [4.78, 5) is 39.6. The third kappa shape index (κ3) is 2.92. The molecule has 6 N–H and O–H groups in total. The van der Waals surface area contributed by atoms with Crippen LogP contribution in [0.15, 0.2) is 11.1 Å². The number of rotatable bonds is 4. The van der Waals surface area contributed by atoms with Gasteiger partial charge in [-0.25, -0.2) is 13.9 Å². The van der Waals surface area contributed by atoms with Crippen LogP contribution >= 0.6 is 7.82 Å². The third-order valence-corrected chi connectivity index (χ3v) is 3.95. The van der Waals surface area contributed by atoms with Crippen molar-refractivity contribution < 1.29 is 33.1 Å². The molecule has 0 amide bonds. The van der Waals surface area contributed by atoms with Crippen molar-refractivity contribution >= 4 is 24.9 Å². The van der Waals surface area contributed by atoms with E-state index in [1.165, 1.54) is 0 Å². The first-order valence-corrected chi connectivity index (χ1v) is 8.11. The highest BCUT2D eigenvalue weighted by atomic mass is 31.2. The van der Waals surface area contributed by atoms with Gasteiger partial charge in [-0.2, -0.15) is 4.98 Å². The van der Waals surface area contributed by atoms with Gasteiger partial charge in [0.25, 0.3) is 5.56 Å². The number of nitrogen functional groups attached to an aromatic ring is 1. The van der Waals surface area contributed by atoms with Crippen molar-refractivity contribution in [2.24, 2.45) is 0 Å². The van der Waals surface area contributed by atoms with Crippen molar-refractivity contribution in [3.05, 3.63) is 16.7 Å². The molecule has 4 atom stereocenters. The third-order valence-electron chi connectivity index (χ3n) is 3.43. The standard InChI is InChI=1S/C10H13FN5O7P/c11-4-3(1-17)22-9(6(4)23-24(19,20)21)16-2-13-5-7(16)14-10(12)15-8(5)18/h2-4,6,9,17H,1H2,(H2,19,20,21)(H3,12,14,15,18)/t3-,4-,6-,9-/m1/s1. The number of aliphatic hydroxyl groups is 1. The van der Waals surface area contributed by atoms with Gasteiger partial charge >= 0.3 is 7.82 Å². The molecule has 24 heavy (non-hydrogen) atoms. The summed E-state index contributed by atoms with van der Waals surface area (Å²) in [5, 5.41) is 9.14. The van der Waals surface area contributed by atoms with E-state index in [1.54, 1.807) is 0 Å². The maximum atomic E-state index is 14.3. The second-order valence-electron chi connectivity index (χ2n) is 5.03. The van der Waals surface area contributed by atoms with Crippen LogP contribution in [0.1, 0.15) is 6.23 Å². The van der Waals surface area contributed by atoms with E-state index in [4.69, 9.17) is 25.4 Å². The Balaban J connectivity index is 2.09. The molecule has 1 saturated heterocycles. The minimum Gasteiger partial charge on any atom is -0.394 e. The van der Waals surface area contributed by atoms with Crippen molar-refractivity contribution in [2.75, 3.05) is 12.3 Å². The summed E-state index contributed by atoms with van der Waals surface area (Å²) in [7, 11) is -5.06. The van der Waals surface area contributed by atoms with Gasteiger partial charge in [-0.3, -0.25) is 18.9 Å². The number of phosphoric ester groups is 1. The minimum atomic E-state index is -5.06. The molecule has 0 aliphatic carbocycles. The van der Waals surface area contributed by atoms with Crippen LogP contribution in [-0.2, 0) is 13.8 Å². The molecule has 14 heteroatoms. The lowest BCUT2D eigenvalue weighted by atomic mass is 10.1. The van der Waals surface area contributed by atoms with Crippen molar-refractivity contribution in [1.82, 2.24) is 19.5 Å². The predicted octanol–water partition coefficient (Wildman–Crippen LogP) is -1.59. The topological polar surface area (TPSA) is 186 Å². The number of nitrogens with two attached hydrogens (primary N) is 1. The smallest absolute Gasteiger partial charge is 0.394 e. The molecule has 1 aliphatic heterocycles. The predicted molar refractivity (Wildman–Crippen MR) is 75.4 cm³/mol. The maximum absolute atomic E-state index is 14.3. The fraction of sp³-hybridized carbons (Fsp3) is 0.500. The van der Waals surface area contributed by atoms with Crippen LogP contribution in [0.2, 0.25) is 0 Å². The summed E-state index contributed by atoms with van der Waals surface area (Å²) in [5.41, 5.74) is 4.57. The molecule has 2 aromatic rings. The number of nitrogens with zero attached hydrogens (tertiary/aromatic N) is 3. The van der Waals surface area contributed by atoms with Gasteiger partial charge in [0.05, 0.1) is 12.9 Å². The number of H-pyrrole nitrogens is 1. The van der Waals surface area contributed by atoms with Crippen LogP contribution in [0.3, 0.4) is 0 Å². The van der Waals surface area contributed by atoms with Gasteiger partial charge in [-0.1, -0.05) is 0 Å². The molecular formula is C10H13FN5O7P. The number of fused-ring (bicyclic) bond motifs is 1. The Kier molecular flexibility index (Phi) is 4.15. The highest BCUT2D eigenvalue weighted by molar-refractivity contribution is 7.46. The summed E-state index contributed by atoms with van der Waals surface area (Å²) in [5.74, 6) is -0.241. The SMILES string of the molecule is Nc1nc2c(ncn2[C@@H]2O[C@H](CO)[C@@H](F)[C@H]2OP(=O)(O)O)c(=O)[nH]1. The molecule has 0 saturated carbocycles. The summed E-state index contributed by atoms with van der Waals surface area (Å²) in [6.45, 7) is -0.749. The quantitative estimate of drug-likeness (QED) is 0.395. The normalized spacial score (nSPS) is 27.8. The number of aliphatic hydroxyl groups excluding tert-OH is 1. The van der Waals surface area contributed by atoms with Crippen LogP contribution < -0.4 is 11.3 Å². The Bertz CT molecular complexity index is 865. The van der Waals surface area contributed by atoms with E-state index in [9.17, 15) is 13.8 Å². The Morgan fingerprint density at radius 1 is 1.54 bits per heavy atom. The highest BCUT2D eigenvalue weighted by Crippen LogP contribution is 2.45. The molecule has 0 unspecified atom stereocenters. The largest absolute Gasteiger partial charge is 0.470 e. The number of anilines is 1. The average Bonchev–Trinajstić information content (AvgIpc) is 3.00. The number of halogens is 1. The van der Waals surface area contributed by atoms with E-state index in [1.807, 2.05) is 0 Å². The first-order chi connectivity index (χ1) is 11.2. The van der Waals surface area contributed by atoms with Crippen molar-refractivity contribution in [1.29, 1.82) is 0 Å². The van der Waals surface area contributed by atoms with Gasteiger partial charge in [0.1, 0.15) is 12.2 Å². The fourth-order valence-corrected chi connectivity index (χ4v) is 3.00. The molecule has 1 fully saturated rings. The van der Waals surface area contributed by atoms with Crippen LogP contribution in [0, 0.1) is 0 Å². The second-order valence-corrected chi connectivity index (χ2v) is 6.22.